The summed E-state index contributed by atoms with van der Waals surface area (Å²) in [5.74, 6) is 0.810. The van der Waals surface area contributed by atoms with Crippen LogP contribution >= 0.6 is 11.6 Å². The maximum absolute atomic E-state index is 5.89. The molecule has 4 heterocycles. The minimum Gasteiger partial charge on any atom is -0.449 e. The Kier molecular flexibility index (Phi) is 4.85. The van der Waals surface area contributed by atoms with Gasteiger partial charge in [-0.1, -0.05) is 11.6 Å². The molecule has 8 heteroatoms. The van der Waals surface area contributed by atoms with E-state index in [0.717, 1.165) is 51.2 Å². The molecule has 1 atom stereocenters. The van der Waals surface area contributed by atoms with Gasteiger partial charge in [-0.25, -0.2) is 9.97 Å². The maximum atomic E-state index is 5.89. The van der Waals surface area contributed by atoms with Gasteiger partial charge in [0, 0.05) is 19.0 Å². The van der Waals surface area contributed by atoms with Crippen LogP contribution in [-0.2, 0) is 6.42 Å². The van der Waals surface area contributed by atoms with Gasteiger partial charge in [0.2, 0.25) is 5.65 Å². The minimum absolute atomic E-state index is 0.319. The van der Waals surface area contributed by atoms with Crippen LogP contribution < -0.4 is 5.32 Å². The van der Waals surface area contributed by atoms with Crippen LogP contribution in [0.25, 0.3) is 11.2 Å². The molecule has 3 aromatic heterocycles. The smallest absolute Gasteiger partial charge is 0.297 e. The molecule has 1 N–H and O–H groups in total. The molecule has 3 aromatic rings. The number of nitrogens with zero attached hydrogens (tertiary/aromatic N) is 4. The van der Waals surface area contributed by atoms with Crippen LogP contribution in [0.2, 0.25) is 5.15 Å². The van der Waals surface area contributed by atoms with E-state index in [2.05, 4.69) is 25.2 Å². The summed E-state index contributed by atoms with van der Waals surface area (Å²) in [7, 11) is 0. The van der Waals surface area contributed by atoms with Gasteiger partial charge in [-0.05, 0) is 44.5 Å². The summed E-state index contributed by atoms with van der Waals surface area (Å²) in [6, 6.07) is 4.32. The number of aromatic nitrogens is 3. The van der Waals surface area contributed by atoms with E-state index in [0.29, 0.717) is 28.4 Å². The highest BCUT2D eigenvalue weighted by Gasteiger charge is 2.21. The molecular weight excluding hydrogens is 342 g/mol. The van der Waals surface area contributed by atoms with Gasteiger partial charge in [-0.3, -0.25) is 0 Å². The number of rotatable bonds is 6. The predicted molar refractivity (Wildman–Crippen MR) is 94.7 cm³/mol. The average molecular weight is 362 g/mol. The van der Waals surface area contributed by atoms with E-state index in [4.69, 9.17) is 20.4 Å². The summed E-state index contributed by atoms with van der Waals surface area (Å²) in [4.78, 5) is 15.2. The zero-order chi connectivity index (χ0) is 17.1. The molecule has 1 fully saturated rings. The van der Waals surface area contributed by atoms with Crippen molar-refractivity contribution in [3.05, 3.63) is 35.6 Å². The Hall–Kier alpha value is -2.12. The largest absolute Gasteiger partial charge is 0.449 e. The number of hydrogen-bond donors (Lipinski definition) is 1. The van der Waals surface area contributed by atoms with Crippen molar-refractivity contribution in [1.82, 2.24) is 19.9 Å². The standard InChI is InChI=1S/C17H20ClN5O2/c18-14-6-5-13-16(21-14)22-17(25-13)20-12-3-1-8-23(11-12)9-2-4-15-19-7-10-24-15/h5-7,10,12H,1-4,8-9,11H2,(H,20,21,22)/t12-/m1/s1. The third-order valence-electron chi connectivity index (χ3n) is 4.40. The number of halogens is 1. The quantitative estimate of drug-likeness (QED) is 0.674. The van der Waals surface area contributed by atoms with Gasteiger partial charge in [0.15, 0.2) is 11.5 Å². The number of aryl methyl sites for hydroxylation is 1. The third-order valence-corrected chi connectivity index (χ3v) is 4.61. The molecule has 1 aliphatic heterocycles. The lowest BCUT2D eigenvalue weighted by Gasteiger charge is -2.32. The van der Waals surface area contributed by atoms with Gasteiger partial charge < -0.3 is 19.1 Å². The Morgan fingerprint density at radius 3 is 3.16 bits per heavy atom. The van der Waals surface area contributed by atoms with Crippen LogP contribution in [0.15, 0.2) is 33.4 Å². The summed E-state index contributed by atoms with van der Waals surface area (Å²) in [5, 5.41) is 3.81. The lowest BCUT2D eigenvalue weighted by atomic mass is 10.1. The number of oxazole rings is 2. The molecule has 0 unspecified atom stereocenters. The number of nitrogens with one attached hydrogen (secondary N) is 1. The van der Waals surface area contributed by atoms with Crippen molar-refractivity contribution in [3.8, 4) is 0 Å². The fraction of sp³-hybridized carbons (Fsp3) is 0.471. The van der Waals surface area contributed by atoms with E-state index in [1.165, 1.54) is 0 Å². The van der Waals surface area contributed by atoms with Crippen LogP contribution in [0.1, 0.15) is 25.2 Å². The first kappa shape index (κ1) is 16.4. The lowest BCUT2D eigenvalue weighted by molar-refractivity contribution is 0.211. The molecule has 4 rings (SSSR count). The van der Waals surface area contributed by atoms with E-state index < -0.39 is 0 Å². The molecule has 7 nitrogen and oxygen atoms in total. The number of pyridine rings is 1. The number of anilines is 1. The van der Waals surface area contributed by atoms with E-state index in [1.54, 1.807) is 24.6 Å². The molecule has 1 aliphatic rings. The summed E-state index contributed by atoms with van der Waals surface area (Å²) in [5.41, 5.74) is 1.18. The molecule has 132 valence electrons. The average Bonchev–Trinajstić information content (AvgIpc) is 3.24. The molecule has 0 amide bonds. The van der Waals surface area contributed by atoms with E-state index in [1.807, 2.05) is 0 Å². The predicted octanol–water partition coefficient (Wildman–Crippen LogP) is 3.37. The van der Waals surface area contributed by atoms with Crippen LogP contribution in [0.3, 0.4) is 0 Å². The molecule has 0 saturated carbocycles. The Morgan fingerprint density at radius 2 is 2.28 bits per heavy atom. The number of likely N-dealkylation sites (tertiary alicyclic amines) is 1. The van der Waals surface area contributed by atoms with Gasteiger partial charge >= 0.3 is 0 Å². The minimum atomic E-state index is 0.319. The zero-order valence-electron chi connectivity index (χ0n) is 13.8. The second-order valence-corrected chi connectivity index (χ2v) is 6.68. The molecule has 0 spiro atoms. The Labute approximate surface area is 150 Å². The van der Waals surface area contributed by atoms with Crippen molar-refractivity contribution in [1.29, 1.82) is 0 Å². The zero-order valence-corrected chi connectivity index (χ0v) is 14.6. The Balaban J connectivity index is 1.31. The molecule has 1 saturated heterocycles. The highest BCUT2D eigenvalue weighted by Crippen LogP contribution is 2.21. The summed E-state index contributed by atoms with van der Waals surface area (Å²) in [6.45, 7) is 3.12. The Bertz CT molecular complexity index is 820. The molecular formula is C17H20ClN5O2. The number of piperidine rings is 1. The highest BCUT2D eigenvalue weighted by molar-refractivity contribution is 6.29. The normalized spacial score (nSPS) is 18.7. The molecule has 0 radical (unpaired) electrons. The highest BCUT2D eigenvalue weighted by atomic mass is 35.5. The van der Waals surface area contributed by atoms with Crippen LogP contribution in [0, 0.1) is 0 Å². The molecule has 0 aliphatic carbocycles. The van der Waals surface area contributed by atoms with E-state index in [-0.39, 0.29) is 0 Å². The van der Waals surface area contributed by atoms with Crippen molar-refractivity contribution in [2.45, 2.75) is 31.7 Å². The van der Waals surface area contributed by atoms with Crippen molar-refractivity contribution in [2.75, 3.05) is 25.0 Å². The summed E-state index contributed by atoms with van der Waals surface area (Å²) in [6.07, 6.45) is 7.49. The monoisotopic (exact) mass is 361 g/mol. The number of hydrogen-bond acceptors (Lipinski definition) is 7. The molecule has 0 bridgehead atoms. The fourth-order valence-corrected chi connectivity index (χ4v) is 3.38. The number of fused-ring (bicyclic) bond motifs is 1. The summed E-state index contributed by atoms with van der Waals surface area (Å²) < 4.78 is 11.0. The van der Waals surface area contributed by atoms with Crippen LogP contribution in [-0.4, -0.2) is 45.5 Å². The second kappa shape index (κ2) is 7.41. The van der Waals surface area contributed by atoms with Gasteiger partial charge in [0.05, 0.1) is 6.20 Å². The second-order valence-electron chi connectivity index (χ2n) is 6.29. The fourth-order valence-electron chi connectivity index (χ4n) is 3.24. The van der Waals surface area contributed by atoms with Gasteiger partial charge in [0.25, 0.3) is 6.01 Å². The van der Waals surface area contributed by atoms with Gasteiger partial charge in [-0.2, -0.15) is 4.98 Å². The molecule has 0 aromatic carbocycles. The van der Waals surface area contributed by atoms with Crippen molar-refractivity contribution in [3.63, 3.8) is 0 Å². The van der Waals surface area contributed by atoms with Gasteiger partial charge in [-0.15, -0.1) is 0 Å². The third kappa shape index (κ3) is 4.11. The SMILES string of the molecule is Clc1ccc2oc(N[C@@H]3CCCN(CCCc4ncco4)C3)nc2n1. The first-order chi connectivity index (χ1) is 12.3. The van der Waals surface area contributed by atoms with Crippen molar-refractivity contribution >= 4 is 28.8 Å². The van der Waals surface area contributed by atoms with Gasteiger partial charge in [0.1, 0.15) is 11.4 Å². The summed E-state index contributed by atoms with van der Waals surface area (Å²) >= 11 is 5.89. The van der Waals surface area contributed by atoms with Crippen molar-refractivity contribution in [2.24, 2.45) is 0 Å². The first-order valence-corrected chi connectivity index (χ1v) is 8.94. The van der Waals surface area contributed by atoms with Crippen molar-refractivity contribution < 1.29 is 8.83 Å². The first-order valence-electron chi connectivity index (χ1n) is 8.56. The van der Waals surface area contributed by atoms with E-state index >= 15 is 0 Å². The van der Waals surface area contributed by atoms with E-state index in [9.17, 15) is 0 Å². The molecule has 25 heavy (non-hydrogen) atoms. The topological polar surface area (TPSA) is 80.2 Å². The van der Waals surface area contributed by atoms with Crippen LogP contribution in [0.5, 0.6) is 0 Å². The Morgan fingerprint density at radius 1 is 1.32 bits per heavy atom. The lowest BCUT2D eigenvalue weighted by Crippen LogP contribution is -2.42. The maximum Gasteiger partial charge on any atom is 0.297 e. The van der Waals surface area contributed by atoms with Crippen LogP contribution in [0.4, 0.5) is 6.01 Å².